The van der Waals surface area contributed by atoms with Crippen molar-refractivity contribution in [3.8, 4) is 0 Å². The molecule has 3 nitrogen and oxygen atoms in total. The maximum Gasteiger partial charge on any atom is 0.149 e. The van der Waals surface area contributed by atoms with Crippen molar-refractivity contribution >= 4 is 39.0 Å². The van der Waals surface area contributed by atoms with Gasteiger partial charge in [0.25, 0.3) is 0 Å². The maximum atomic E-state index is 13.8. The largest absolute Gasteiger partial charge is 0.337 e. The minimum atomic E-state index is -0.696. The summed E-state index contributed by atoms with van der Waals surface area (Å²) in [6.45, 7) is 1.75. The number of halogens is 4. The van der Waals surface area contributed by atoms with E-state index in [0.717, 1.165) is 18.9 Å². The van der Waals surface area contributed by atoms with Gasteiger partial charge in [0, 0.05) is 17.5 Å². The molecule has 1 aromatic carbocycles. The highest BCUT2D eigenvalue weighted by Gasteiger charge is 2.28. The smallest absolute Gasteiger partial charge is 0.149 e. The third-order valence-corrected chi connectivity index (χ3v) is 4.28. The summed E-state index contributed by atoms with van der Waals surface area (Å²) in [7, 11) is 0. The molecule has 0 amide bonds. The SMILES string of the molecule is Cc1c(Cl)nc(C2CC2)nc1Nc1cc(Br)c(F)cc1F. The van der Waals surface area contributed by atoms with E-state index in [1.54, 1.807) is 6.92 Å². The van der Waals surface area contributed by atoms with E-state index in [4.69, 9.17) is 11.6 Å². The lowest BCUT2D eigenvalue weighted by atomic mass is 10.2. The third-order valence-electron chi connectivity index (χ3n) is 3.31. The summed E-state index contributed by atoms with van der Waals surface area (Å²) in [6.07, 6.45) is 2.07. The van der Waals surface area contributed by atoms with Crippen LogP contribution in [-0.2, 0) is 0 Å². The molecule has 7 heteroatoms. The molecule has 0 bridgehead atoms. The van der Waals surface area contributed by atoms with Gasteiger partial charge in [0.2, 0.25) is 0 Å². The molecule has 0 spiro atoms. The molecule has 1 heterocycles. The van der Waals surface area contributed by atoms with Crippen LogP contribution in [0.4, 0.5) is 20.3 Å². The molecule has 0 aliphatic heterocycles. The Morgan fingerprint density at radius 2 is 1.95 bits per heavy atom. The summed E-state index contributed by atoms with van der Waals surface area (Å²) in [5, 5.41) is 3.21. The monoisotopic (exact) mass is 373 g/mol. The summed E-state index contributed by atoms with van der Waals surface area (Å²) in [5.74, 6) is 0.0735. The van der Waals surface area contributed by atoms with E-state index in [2.05, 4.69) is 31.2 Å². The van der Waals surface area contributed by atoms with E-state index in [-0.39, 0.29) is 10.2 Å². The highest BCUT2D eigenvalue weighted by molar-refractivity contribution is 9.10. The van der Waals surface area contributed by atoms with E-state index in [9.17, 15) is 8.78 Å². The number of nitrogens with zero attached hydrogens (tertiary/aromatic N) is 2. The van der Waals surface area contributed by atoms with Gasteiger partial charge in [0.05, 0.1) is 10.2 Å². The Labute approximate surface area is 133 Å². The van der Waals surface area contributed by atoms with Crippen LogP contribution in [0.15, 0.2) is 16.6 Å². The lowest BCUT2D eigenvalue weighted by Gasteiger charge is -2.12. The Bertz CT molecular complexity index is 720. The second kappa shape index (κ2) is 5.50. The van der Waals surface area contributed by atoms with Gasteiger partial charge in [-0.05, 0) is 41.8 Å². The van der Waals surface area contributed by atoms with Gasteiger partial charge in [-0.25, -0.2) is 18.7 Å². The average molecular weight is 375 g/mol. The second-order valence-corrected chi connectivity index (χ2v) is 6.20. The Hall–Kier alpha value is -1.27. The van der Waals surface area contributed by atoms with Crippen LogP contribution in [-0.4, -0.2) is 9.97 Å². The van der Waals surface area contributed by atoms with Crippen molar-refractivity contribution in [1.82, 2.24) is 9.97 Å². The van der Waals surface area contributed by atoms with Gasteiger partial charge in [-0.3, -0.25) is 0 Å². The highest BCUT2D eigenvalue weighted by Crippen LogP contribution is 2.40. The minimum Gasteiger partial charge on any atom is -0.337 e. The fourth-order valence-electron chi connectivity index (χ4n) is 1.90. The molecule has 1 saturated carbocycles. The zero-order chi connectivity index (χ0) is 15.1. The van der Waals surface area contributed by atoms with Crippen molar-refractivity contribution in [3.63, 3.8) is 0 Å². The fourth-order valence-corrected chi connectivity index (χ4v) is 2.42. The van der Waals surface area contributed by atoms with Gasteiger partial charge in [-0.1, -0.05) is 11.6 Å². The second-order valence-electron chi connectivity index (χ2n) is 4.99. The van der Waals surface area contributed by atoms with Gasteiger partial charge in [0.15, 0.2) is 0 Å². The Morgan fingerprint density at radius 1 is 1.24 bits per heavy atom. The molecule has 1 aliphatic rings. The van der Waals surface area contributed by atoms with Crippen molar-refractivity contribution in [2.75, 3.05) is 5.32 Å². The molecular formula is C14H11BrClF2N3. The molecule has 0 radical (unpaired) electrons. The van der Waals surface area contributed by atoms with Gasteiger partial charge in [-0.15, -0.1) is 0 Å². The predicted molar refractivity (Wildman–Crippen MR) is 81.1 cm³/mol. The summed E-state index contributed by atoms with van der Waals surface area (Å²) in [6, 6.07) is 2.14. The van der Waals surface area contributed by atoms with Crippen LogP contribution in [0.5, 0.6) is 0 Å². The summed E-state index contributed by atoms with van der Waals surface area (Å²) in [5.41, 5.74) is 0.754. The van der Waals surface area contributed by atoms with Crippen molar-refractivity contribution in [3.05, 3.63) is 44.8 Å². The Kier molecular flexibility index (Phi) is 3.84. The molecule has 1 aliphatic carbocycles. The summed E-state index contributed by atoms with van der Waals surface area (Å²) >= 11 is 9.13. The van der Waals surface area contributed by atoms with Gasteiger partial charge in [0.1, 0.15) is 28.4 Å². The summed E-state index contributed by atoms with van der Waals surface area (Å²) < 4.78 is 27.3. The molecule has 0 saturated heterocycles. The predicted octanol–water partition coefficient (Wildman–Crippen LogP) is 5.10. The van der Waals surface area contributed by atoms with Crippen LogP contribution < -0.4 is 5.32 Å². The molecule has 0 unspecified atom stereocenters. The van der Waals surface area contributed by atoms with Crippen LogP contribution >= 0.6 is 27.5 Å². The quantitative estimate of drug-likeness (QED) is 0.600. The van der Waals surface area contributed by atoms with E-state index in [0.29, 0.717) is 28.3 Å². The first-order valence-electron chi connectivity index (χ1n) is 6.41. The third kappa shape index (κ3) is 3.01. The first-order valence-corrected chi connectivity index (χ1v) is 7.58. The molecule has 3 rings (SSSR count). The Balaban J connectivity index is 1.99. The zero-order valence-corrected chi connectivity index (χ0v) is 13.4. The maximum absolute atomic E-state index is 13.8. The van der Waals surface area contributed by atoms with Gasteiger partial charge < -0.3 is 5.32 Å². The normalized spacial score (nSPS) is 14.3. The molecule has 21 heavy (non-hydrogen) atoms. The van der Waals surface area contributed by atoms with E-state index in [1.807, 2.05) is 0 Å². The van der Waals surface area contributed by atoms with Crippen molar-refractivity contribution in [1.29, 1.82) is 0 Å². The van der Waals surface area contributed by atoms with Gasteiger partial charge in [-0.2, -0.15) is 0 Å². The fraction of sp³-hybridized carbons (Fsp3) is 0.286. The first kappa shape index (κ1) is 14.7. The van der Waals surface area contributed by atoms with Crippen LogP contribution in [0.25, 0.3) is 0 Å². The number of aromatic nitrogens is 2. The number of nitrogens with one attached hydrogen (secondary N) is 1. The van der Waals surface area contributed by atoms with E-state index < -0.39 is 11.6 Å². The van der Waals surface area contributed by atoms with Crippen molar-refractivity contribution < 1.29 is 8.78 Å². The van der Waals surface area contributed by atoms with E-state index in [1.165, 1.54) is 6.07 Å². The van der Waals surface area contributed by atoms with Crippen LogP contribution in [0.1, 0.15) is 30.1 Å². The topological polar surface area (TPSA) is 37.8 Å². The molecule has 1 N–H and O–H groups in total. The molecule has 1 fully saturated rings. The van der Waals surface area contributed by atoms with Crippen molar-refractivity contribution in [2.24, 2.45) is 0 Å². The van der Waals surface area contributed by atoms with Crippen LogP contribution in [0.2, 0.25) is 5.15 Å². The summed E-state index contributed by atoms with van der Waals surface area (Å²) in [4.78, 5) is 8.64. The number of anilines is 2. The molecule has 0 atom stereocenters. The van der Waals surface area contributed by atoms with Crippen molar-refractivity contribution in [2.45, 2.75) is 25.7 Å². The molecule has 110 valence electrons. The van der Waals surface area contributed by atoms with Gasteiger partial charge >= 0.3 is 0 Å². The zero-order valence-electron chi connectivity index (χ0n) is 11.1. The van der Waals surface area contributed by atoms with Crippen LogP contribution in [0.3, 0.4) is 0 Å². The molecule has 2 aromatic rings. The number of benzene rings is 1. The average Bonchev–Trinajstić information content (AvgIpc) is 3.25. The van der Waals surface area contributed by atoms with E-state index >= 15 is 0 Å². The lowest BCUT2D eigenvalue weighted by Crippen LogP contribution is -2.04. The first-order chi connectivity index (χ1) is 9.95. The molecule has 1 aromatic heterocycles. The standard InChI is InChI=1S/C14H11BrClF2N3/c1-6-12(16)20-14(7-2-3-7)21-13(6)19-11-4-8(15)9(17)5-10(11)18/h4-5,7H,2-3H2,1H3,(H,19,20,21). The number of rotatable bonds is 3. The number of hydrogen-bond donors (Lipinski definition) is 1. The minimum absolute atomic E-state index is 0.128. The lowest BCUT2D eigenvalue weighted by molar-refractivity contribution is 0.581. The van der Waals surface area contributed by atoms with Crippen LogP contribution in [0, 0.1) is 18.6 Å². The highest BCUT2D eigenvalue weighted by atomic mass is 79.9. The molecular weight excluding hydrogens is 364 g/mol. The Morgan fingerprint density at radius 3 is 2.62 bits per heavy atom. The number of hydrogen-bond acceptors (Lipinski definition) is 3.